The Labute approximate surface area is 172 Å². The lowest BCUT2D eigenvalue weighted by molar-refractivity contribution is -0.939. The van der Waals surface area contributed by atoms with Gasteiger partial charge in [-0.15, -0.1) is 5.10 Å². The monoisotopic (exact) mass is 411 g/mol. The number of aromatic hydroxyl groups is 1. The smallest absolute Gasteiger partial charge is 0.235 e. The summed E-state index contributed by atoms with van der Waals surface area (Å²) in [4.78, 5) is 7.46. The van der Waals surface area contributed by atoms with E-state index in [0.29, 0.717) is 16.5 Å². The molecule has 0 radical (unpaired) electrons. The van der Waals surface area contributed by atoms with Crippen molar-refractivity contribution in [2.45, 2.75) is 32.1 Å². The lowest BCUT2D eigenvalue weighted by Gasteiger charge is -2.37. The number of morpholine rings is 1. The van der Waals surface area contributed by atoms with Crippen LogP contribution < -0.4 is 4.90 Å². The summed E-state index contributed by atoms with van der Waals surface area (Å²) in [6, 6.07) is 13.9. The van der Waals surface area contributed by atoms with Gasteiger partial charge in [-0.2, -0.15) is 9.50 Å². The van der Waals surface area contributed by atoms with E-state index in [1.54, 1.807) is 12.3 Å². The Kier molecular flexibility index (Phi) is 4.61. The first-order valence-electron chi connectivity index (χ1n) is 9.77. The molecule has 4 aromatic rings. The van der Waals surface area contributed by atoms with Crippen LogP contribution in [0, 0.1) is 0 Å². The Hall–Kier alpha value is -2.68. The third-order valence-corrected chi connectivity index (χ3v) is 6.39. The van der Waals surface area contributed by atoms with E-state index in [1.807, 2.05) is 24.3 Å². The summed E-state index contributed by atoms with van der Waals surface area (Å²) in [5.41, 5.74) is 1.16. The number of hydrogen-bond acceptors (Lipinski definition) is 6. The highest BCUT2D eigenvalue weighted by atomic mass is 32.1. The van der Waals surface area contributed by atoms with E-state index in [1.165, 1.54) is 20.8 Å². The first-order chi connectivity index (χ1) is 14.1. The van der Waals surface area contributed by atoms with E-state index in [0.717, 1.165) is 23.5 Å². The molecule has 8 heteroatoms. The Bertz CT molecular complexity index is 1100. The Morgan fingerprint density at radius 2 is 1.90 bits per heavy atom. The van der Waals surface area contributed by atoms with E-state index in [4.69, 9.17) is 9.15 Å². The van der Waals surface area contributed by atoms with Crippen molar-refractivity contribution in [3.05, 3.63) is 59.2 Å². The van der Waals surface area contributed by atoms with Gasteiger partial charge in [-0.25, -0.2) is 0 Å². The fraction of sp³-hybridized carbons (Fsp3) is 0.333. The molecular formula is C21H23N4O3S+. The topological polar surface area (TPSA) is 77.2 Å². The van der Waals surface area contributed by atoms with Crippen LogP contribution in [0.2, 0.25) is 0 Å². The molecule has 1 saturated heterocycles. The molecule has 1 aliphatic heterocycles. The van der Waals surface area contributed by atoms with E-state index in [9.17, 15) is 5.11 Å². The van der Waals surface area contributed by atoms with Crippen LogP contribution in [-0.2, 0) is 4.74 Å². The summed E-state index contributed by atoms with van der Waals surface area (Å²) in [6.07, 6.45) is 1.91. The molecule has 1 unspecified atom stereocenters. The second kappa shape index (κ2) is 7.29. The largest absolute Gasteiger partial charge is 0.492 e. The van der Waals surface area contributed by atoms with E-state index < -0.39 is 0 Å². The SMILES string of the molecule is C[C@@H]1C[NH+]([C@@H](c2ccccc2)c2sc3nc(-c4ccco4)nn3c2O)C[C@H](C)O1. The van der Waals surface area contributed by atoms with Crippen LogP contribution in [-0.4, -0.2) is 45.0 Å². The molecule has 0 spiro atoms. The summed E-state index contributed by atoms with van der Waals surface area (Å²) in [7, 11) is 0. The summed E-state index contributed by atoms with van der Waals surface area (Å²) >= 11 is 1.48. The number of aromatic nitrogens is 3. The molecule has 1 aliphatic rings. The minimum absolute atomic E-state index is 0.00874. The maximum Gasteiger partial charge on any atom is 0.235 e. The van der Waals surface area contributed by atoms with E-state index >= 15 is 0 Å². The molecule has 29 heavy (non-hydrogen) atoms. The first-order valence-corrected chi connectivity index (χ1v) is 10.6. The van der Waals surface area contributed by atoms with Crippen LogP contribution in [0.3, 0.4) is 0 Å². The van der Waals surface area contributed by atoms with Gasteiger partial charge in [0, 0.05) is 5.56 Å². The van der Waals surface area contributed by atoms with Crippen molar-refractivity contribution in [2.75, 3.05) is 13.1 Å². The predicted molar refractivity (Wildman–Crippen MR) is 109 cm³/mol. The Morgan fingerprint density at radius 1 is 1.14 bits per heavy atom. The lowest BCUT2D eigenvalue weighted by Crippen LogP contribution is -3.15. The Balaban J connectivity index is 1.59. The van der Waals surface area contributed by atoms with Crippen molar-refractivity contribution in [3.8, 4) is 17.5 Å². The normalized spacial score (nSPS) is 23.4. The van der Waals surface area contributed by atoms with Gasteiger partial charge in [0.2, 0.25) is 16.7 Å². The molecule has 1 fully saturated rings. The van der Waals surface area contributed by atoms with Crippen molar-refractivity contribution >= 4 is 16.3 Å². The number of quaternary nitrogens is 1. The lowest BCUT2D eigenvalue weighted by atomic mass is 10.0. The fourth-order valence-corrected chi connectivity index (χ4v) is 5.36. The third kappa shape index (κ3) is 3.33. The highest BCUT2D eigenvalue weighted by Gasteiger charge is 2.37. The van der Waals surface area contributed by atoms with Gasteiger partial charge in [-0.1, -0.05) is 41.7 Å². The summed E-state index contributed by atoms with van der Waals surface area (Å²) < 4.78 is 12.9. The van der Waals surface area contributed by atoms with Crippen molar-refractivity contribution in [3.63, 3.8) is 0 Å². The average Bonchev–Trinajstić information content (AvgIpc) is 3.41. The number of fused-ring (bicyclic) bond motifs is 1. The van der Waals surface area contributed by atoms with Crippen molar-refractivity contribution in [2.24, 2.45) is 0 Å². The number of furan rings is 1. The number of nitrogens with one attached hydrogen (secondary N) is 1. The second-order valence-electron chi connectivity index (χ2n) is 7.56. The van der Waals surface area contributed by atoms with Crippen molar-refractivity contribution in [1.29, 1.82) is 0 Å². The summed E-state index contributed by atoms with van der Waals surface area (Å²) in [5.74, 6) is 1.20. The molecule has 0 bridgehead atoms. The third-order valence-electron chi connectivity index (χ3n) is 5.31. The molecule has 2 N–H and O–H groups in total. The zero-order valence-corrected chi connectivity index (χ0v) is 17.1. The number of nitrogens with zero attached hydrogens (tertiary/aromatic N) is 3. The Morgan fingerprint density at radius 3 is 2.55 bits per heavy atom. The number of benzene rings is 1. The molecule has 150 valence electrons. The zero-order valence-electron chi connectivity index (χ0n) is 16.3. The fourth-order valence-electron chi connectivity index (χ4n) is 4.22. The van der Waals surface area contributed by atoms with Gasteiger partial charge in [0.1, 0.15) is 30.2 Å². The average molecular weight is 412 g/mol. The van der Waals surface area contributed by atoms with Crippen LogP contribution in [0.4, 0.5) is 0 Å². The van der Waals surface area contributed by atoms with Gasteiger partial charge in [0.05, 0.1) is 6.26 Å². The second-order valence-corrected chi connectivity index (χ2v) is 8.57. The van der Waals surface area contributed by atoms with Crippen molar-refractivity contribution < 1.29 is 19.2 Å². The predicted octanol–water partition coefficient (Wildman–Crippen LogP) is 2.54. The molecule has 7 nitrogen and oxygen atoms in total. The molecule has 3 aromatic heterocycles. The molecule has 5 rings (SSSR count). The van der Waals surface area contributed by atoms with Gasteiger partial charge in [0.25, 0.3) is 0 Å². The summed E-state index contributed by atoms with van der Waals surface area (Å²) in [6.45, 7) is 5.95. The van der Waals surface area contributed by atoms with Gasteiger partial charge >= 0.3 is 0 Å². The van der Waals surface area contributed by atoms with E-state index in [2.05, 4.69) is 36.1 Å². The van der Waals surface area contributed by atoms with Gasteiger partial charge in [-0.05, 0) is 26.0 Å². The van der Waals surface area contributed by atoms with Gasteiger partial charge in [0.15, 0.2) is 11.8 Å². The minimum atomic E-state index is -0.00874. The quantitative estimate of drug-likeness (QED) is 0.540. The molecule has 4 heterocycles. The number of rotatable bonds is 4. The zero-order chi connectivity index (χ0) is 20.0. The number of thiazole rings is 1. The van der Waals surface area contributed by atoms with Crippen LogP contribution >= 0.6 is 11.3 Å². The van der Waals surface area contributed by atoms with E-state index in [-0.39, 0.29) is 24.1 Å². The first kappa shape index (κ1) is 18.4. The highest BCUT2D eigenvalue weighted by molar-refractivity contribution is 7.17. The minimum Gasteiger partial charge on any atom is -0.492 e. The van der Waals surface area contributed by atoms with Crippen molar-refractivity contribution in [1.82, 2.24) is 14.6 Å². The standard InChI is InChI=1S/C21H22N4O3S/c1-13-11-24(12-14(2)28-13)17(15-7-4-3-5-8-15)18-20(26)25-21(29-18)22-19(23-25)16-9-6-10-27-16/h3-10,13-14,17,26H,11-12H2,1-2H3/p+1/t13-,14+,17-/m0/s1. The summed E-state index contributed by atoms with van der Waals surface area (Å²) in [5, 5.41) is 15.6. The molecule has 0 amide bonds. The molecule has 0 aliphatic carbocycles. The molecular weight excluding hydrogens is 388 g/mol. The molecule has 4 atom stereocenters. The molecule has 0 saturated carbocycles. The molecule has 1 aromatic carbocycles. The number of ether oxygens (including phenoxy) is 1. The van der Waals surface area contributed by atoms with Crippen LogP contribution in [0.25, 0.3) is 16.5 Å². The van der Waals surface area contributed by atoms with Crippen LogP contribution in [0.1, 0.15) is 30.3 Å². The maximum absolute atomic E-state index is 11.1. The van der Waals surface area contributed by atoms with Crippen LogP contribution in [0.5, 0.6) is 5.88 Å². The maximum atomic E-state index is 11.1. The highest BCUT2D eigenvalue weighted by Crippen LogP contribution is 2.36. The van der Waals surface area contributed by atoms with Crippen LogP contribution in [0.15, 0.2) is 53.1 Å². The van der Waals surface area contributed by atoms with Gasteiger partial charge in [-0.3, -0.25) is 0 Å². The number of hydrogen-bond donors (Lipinski definition) is 2. The van der Waals surface area contributed by atoms with Gasteiger partial charge < -0.3 is 19.2 Å².